The predicted molar refractivity (Wildman–Crippen MR) is 98.7 cm³/mol. The molecule has 0 radical (unpaired) electrons. The van der Waals surface area contributed by atoms with E-state index in [9.17, 15) is 9.59 Å². The molecule has 0 saturated carbocycles. The second kappa shape index (κ2) is 8.68. The molecule has 0 aliphatic rings. The Morgan fingerprint density at radius 1 is 1.12 bits per heavy atom. The van der Waals surface area contributed by atoms with Gasteiger partial charge in [-0.05, 0) is 42.0 Å². The maximum absolute atomic E-state index is 12.5. The van der Waals surface area contributed by atoms with Gasteiger partial charge in [0.2, 0.25) is 5.91 Å². The molecule has 0 unspecified atom stereocenters. The molecule has 0 saturated heterocycles. The number of carbonyl (C=O) groups excluding carboxylic acids is 2. The van der Waals surface area contributed by atoms with Gasteiger partial charge in [-0.3, -0.25) is 9.59 Å². The molecule has 0 aliphatic carbocycles. The highest BCUT2D eigenvalue weighted by Gasteiger charge is 2.12. The van der Waals surface area contributed by atoms with E-state index in [1.165, 1.54) is 6.92 Å². The number of hydrogen-bond acceptors (Lipinski definition) is 3. The Labute approximate surface area is 147 Å². The second-order valence-corrected chi connectivity index (χ2v) is 5.66. The van der Waals surface area contributed by atoms with Gasteiger partial charge in [-0.2, -0.15) is 0 Å². The predicted octanol–water partition coefficient (Wildman–Crippen LogP) is 3.48. The molecule has 2 aromatic carbocycles. The van der Waals surface area contributed by atoms with E-state index in [2.05, 4.69) is 11.9 Å². The molecule has 2 amide bonds. The number of amides is 2. The van der Waals surface area contributed by atoms with Crippen LogP contribution in [0.5, 0.6) is 5.75 Å². The standard InChI is InChI=1S/C20H22N2O3/c1-4-13-25-19-11-5-16(6-12-19)14-22(3)20(24)17-7-9-18(10-8-17)21-15(2)23/h4-12H,1,13-14H2,2-3H3,(H,21,23). The van der Waals surface area contributed by atoms with Crippen molar-refractivity contribution in [3.8, 4) is 5.75 Å². The number of nitrogens with zero attached hydrogens (tertiary/aromatic N) is 1. The molecule has 0 bridgehead atoms. The molecule has 0 fully saturated rings. The molecule has 2 rings (SSSR count). The fourth-order valence-electron chi connectivity index (χ4n) is 2.31. The summed E-state index contributed by atoms with van der Waals surface area (Å²) in [6.45, 7) is 6.01. The number of benzene rings is 2. The fourth-order valence-corrected chi connectivity index (χ4v) is 2.31. The molecule has 0 aliphatic heterocycles. The largest absolute Gasteiger partial charge is 0.490 e. The summed E-state index contributed by atoms with van der Waals surface area (Å²) in [6, 6.07) is 14.5. The zero-order chi connectivity index (χ0) is 18.2. The second-order valence-electron chi connectivity index (χ2n) is 5.66. The molecule has 0 spiro atoms. The molecular weight excluding hydrogens is 316 g/mol. The van der Waals surface area contributed by atoms with Crippen LogP contribution in [0.1, 0.15) is 22.8 Å². The topological polar surface area (TPSA) is 58.6 Å². The number of nitrogens with one attached hydrogen (secondary N) is 1. The maximum atomic E-state index is 12.5. The number of carbonyl (C=O) groups is 2. The summed E-state index contributed by atoms with van der Waals surface area (Å²) in [5, 5.41) is 2.68. The average Bonchev–Trinajstić information content (AvgIpc) is 2.60. The highest BCUT2D eigenvalue weighted by atomic mass is 16.5. The van der Waals surface area contributed by atoms with Gasteiger partial charge < -0.3 is 15.0 Å². The molecule has 2 aromatic rings. The van der Waals surface area contributed by atoms with Gasteiger partial charge in [0, 0.05) is 31.8 Å². The Morgan fingerprint density at radius 3 is 2.32 bits per heavy atom. The SMILES string of the molecule is C=CCOc1ccc(CN(C)C(=O)c2ccc(NC(C)=O)cc2)cc1. The first-order valence-corrected chi connectivity index (χ1v) is 7.95. The Kier molecular flexibility index (Phi) is 6.34. The molecule has 0 aromatic heterocycles. The van der Waals surface area contributed by atoms with Crippen LogP contribution in [0.3, 0.4) is 0 Å². The number of rotatable bonds is 7. The highest BCUT2D eigenvalue weighted by Crippen LogP contribution is 2.15. The van der Waals surface area contributed by atoms with E-state index < -0.39 is 0 Å². The minimum atomic E-state index is -0.142. The van der Waals surface area contributed by atoms with Crippen LogP contribution in [0.2, 0.25) is 0 Å². The highest BCUT2D eigenvalue weighted by molar-refractivity contribution is 5.95. The van der Waals surface area contributed by atoms with E-state index in [1.807, 2.05) is 24.3 Å². The van der Waals surface area contributed by atoms with E-state index >= 15 is 0 Å². The van der Waals surface area contributed by atoms with Crippen molar-refractivity contribution >= 4 is 17.5 Å². The van der Waals surface area contributed by atoms with E-state index in [-0.39, 0.29) is 11.8 Å². The van der Waals surface area contributed by atoms with Crippen molar-refractivity contribution in [1.29, 1.82) is 0 Å². The third-order valence-electron chi connectivity index (χ3n) is 3.51. The lowest BCUT2D eigenvalue weighted by Gasteiger charge is -2.18. The average molecular weight is 338 g/mol. The first-order chi connectivity index (χ1) is 12.0. The zero-order valence-electron chi connectivity index (χ0n) is 14.5. The molecule has 25 heavy (non-hydrogen) atoms. The van der Waals surface area contributed by atoms with Gasteiger partial charge in [0.15, 0.2) is 0 Å². The summed E-state index contributed by atoms with van der Waals surface area (Å²) in [6.07, 6.45) is 1.69. The summed E-state index contributed by atoms with van der Waals surface area (Å²) in [7, 11) is 1.76. The normalized spacial score (nSPS) is 10.0. The third-order valence-corrected chi connectivity index (χ3v) is 3.51. The number of ether oxygens (including phenoxy) is 1. The lowest BCUT2D eigenvalue weighted by molar-refractivity contribution is -0.114. The summed E-state index contributed by atoms with van der Waals surface area (Å²) in [5.41, 5.74) is 2.25. The van der Waals surface area contributed by atoms with Crippen molar-refractivity contribution in [1.82, 2.24) is 4.90 Å². The van der Waals surface area contributed by atoms with Crippen LogP contribution in [0.25, 0.3) is 0 Å². The van der Waals surface area contributed by atoms with Gasteiger partial charge >= 0.3 is 0 Å². The first kappa shape index (κ1) is 18.3. The molecule has 5 nitrogen and oxygen atoms in total. The van der Waals surface area contributed by atoms with Crippen LogP contribution in [0.15, 0.2) is 61.2 Å². The molecular formula is C20H22N2O3. The summed E-state index contributed by atoms with van der Waals surface area (Å²) < 4.78 is 5.44. The van der Waals surface area contributed by atoms with Gasteiger partial charge in [-0.1, -0.05) is 24.8 Å². The Morgan fingerprint density at radius 2 is 1.76 bits per heavy atom. The van der Waals surface area contributed by atoms with Crippen LogP contribution in [-0.2, 0) is 11.3 Å². The van der Waals surface area contributed by atoms with Gasteiger partial charge in [-0.25, -0.2) is 0 Å². The van der Waals surface area contributed by atoms with Crippen LogP contribution in [0.4, 0.5) is 5.69 Å². The van der Waals surface area contributed by atoms with E-state index in [4.69, 9.17) is 4.74 Å². The smallest absolute Gasteiger partial charge is 0.253 e. The van der Waals surface area contributed by atoms with Crippen LogP contribution < -0.4 is 10.1 Å². The molecule has 1 N–H and O–H groups in total. The first-order valence-electron chi connectivity index (χ1n) is 7.95. The molecule has 0 heterocycles. The van der Waals surface area contributed by atoms with Gasteiger partial charge in [-0.15, -0.1) is 0 Å². The van der Waals surface area contributed by atoms with Crippen LogP contribution in [-0.4, -0.2) is 30.4 Å². The van der Waals surface area contributed by atoms with Crippen LogP contribution in [0, 0.1) is 0 Å². The summed E-state index contributed by atoms with van der Waals surface area (Å²) >= 11 is 0. The minimum Gasteiger partial charge on any atom is -0.490 e. The van der Waals surface area contributed by atoms with E-state index in [0.29, 0.717) is 24.4 Å². The van der Waals surface area contributed by atoms with E-state index in [0.717, 1.165) is 11.3 Å². The Balaban J connectivity index is 1.97. The molecule has 130 valence electrons. The lowest BCUT2D eigenvalue weighted by atomic mass is 10.1. The third kappa shape index (κ3) is 5.49. The maximum Gasteiger partial charge on any atom is 0.253 e. The van der Waals surface area contributed by atoms with Crippen LogP contribution >= 0.6 is 0 Å². The zero-order valence-corrected chi connectivity index (χ0v) is 14.5. The number of anilines is 1. The van der Waals surface area contributed by atoms with Crippen molar-refractivity contribution in [2.75, 3.05) is 19.0 Å². The molecule has 0 atom stereocenters. The van der Waals surface area contributed by atoms with Crippen molar-refractivity contribution in [2.45, 2.75) is 13.5 Å². The van der Waals surface area contributed by atoms with Crippen molar-refractivity contribution in [3.05, 3.63) is 72.3 Å². The van der Waals surface area contributed by atoms with Crippen molar-refractivity contribution in [3.63, 3.8) is 0 Å². The van der Waals surface area contributed by atoms with E-state index in [1.54, 1.807) is 42.3 Å². The lowest BCUT2D eigenvalue weighted by Crippen LogP contribution is -2.26. The number of hydrogen-bond donors (Lipinski definition) is 1. The molecule has 5 heteroatoms. The summed E-state index contributed by atoms with van der Waals surface area (Å²) in [5.74, 6) is 0.546. The fraction of sp³-hybridized carbons (Fsp3) is 0.200. The Hall–Kier alpha value is -3.08. The Bertz CT molecular complexity index is 737. The quantitative estimate of drug-likeness (QED) is 0.786. The van der Waals surface area contributed by atoms with Crippen molar-refractivity contribution in [2.24, 2.45) is 0 Å². The minimum absolute atomic E-state index is 0.0821. The van der Waals surface area contributed by atoms with Gasteiger partial charge in [0.25, 0.3) is 5.91 Å². The monoisotopic (exact) mass is 338 g/mol. The van der Waals surface area contributed by atoms with Crippen molar-refractivity contribution < 1.29 is 14.3 Å². The summed E-state index contributed by atoms with van der Waals surface area (Å²) in [4.78, 5) is 25.2. The van der Waals surface area contributed by atoms with Gasteiger partial charge in [0.1, 0.15) is 12.4 Å². The van der Waals surface area contributed by atoms with Gasteiger partial charge in [0.05, 0.1) is 0 Å².